The molecule has 0 radical (unpaired) electrons. The first-order valence-electron chi connectivity index (χ1n) is 5.35. The average Bonchev–Trinajstić information content (AvgIpc) is 2.69. The summed E-state index contributed by atoms with van der Waals surface area (Å²) in [6.07, 6.45) is 1.04. The molecular weight excluding hydrogens is 259 g/mol. The van der Waals surface area contributed by atoms with Crippen molar-refractivity contribution in [3.63, 3.8) is 0 Å². The van der Waals surface area contributed by atoms with E-state index in [9.17, 15) is 4.39 Å². The van der Waals surface area contributed by atoms with Crippen LogP contribution in [0.1, 0.15) is 13.3 Å². The van der Waals surface area contributed by atoms with Crippen molar-refractivity contribution < 1.29 is 4.39 Å². The standard InChI is InChI=1S/C12H12ClFN2S/c1-2-7-17-12-8-11(14)16(15-12)10-5-3-9(13)4-6-10/h3-6,8H,2,7H2,1H3. The van der Waals surface area contributed by atoms with E-state index in [-0.39, 0.29) is 5.95 Å². The van der Waals surface area contributed by atoms with Gasteiger partial charge in [-0.05, 0) is 36.4 Å². The molecule has 0 bridgehead atoms. The monoisotopic (exact) mass is 270 g/mol. The summed E-state index contributed by atoms with van der Waals surface area (Å²) < 4.78 is 15.0. The van der Waals surface area contributed by atoms with Crippen LogP contribution in [-0.4, -0.2) is 15.5 Å². The van der Waals surface area contributed by atoms with E-state index in [4.69, 9.17) is 11.6 Å². The Morgan fingerprint density at radius 2 is 2.06 bits per heavy atom. The van der Waals surface area contributed by atoms with E-state index in [1.165, 1.54) is 10.7 Å². The van der Waals surface area contributed by atoms with Crippen LogP contribution in [0.25, 0.3) is 5.69 Å². The molecule has 2 rings (SSSR count). The number of thioether (sulfide) groups is 1. The number of hydrogen-bond acceptors (Lipinski definition) is 2. The van der Waals surface area contributed by atoms with Gasteiger partial charge in [-0.1, -0.05) is 18.5 Å². The first kappa shape index (κ1) is 12.5. The first-order valence-corrected chi connectivity index (χ1v) is 6.71. The maximum absolute atomic E-state index is 13.7. The maximum atomic E-state index is 13.7. The van der Waals surface area contributed by atoms with Crippen LogP contribution in [0.5, 0.6) is 0 Å². The summed E-state index contributed by atoms with van der Waals surface area (Å²) in [7, 11) is 0. The van der Waals surface area contributed by atoms with E-state index in [0.29, 0.717) is 15.7 Å². The number of nitrogens with zero attached hydrogens (tertiary/aromatic N) is 2. The lowest BCUT2D eigenvalue weighted by Gasteiger charge is -2.01. The van der Waals surface area contributed by atoms with E-state index < -0.39 is 0 Å². The molecule has 2 aromatic rings. The second-order valence-corrected chi connectivity index (χ2v) is 5.09. The molecule has 1 aromatic carbocycles. The fraction of sp³-hybridized carbons (Fsp3) is 0.250. The lowest BCUT2D eigenvalue weighted by Crippen LogP contribution is -1.98. The predicted molar refractivity (Wildman–Crippen MR) is 69.5 cm³/mol. The van der Waals surface area contributed by atoms with Crippen LogP contribution in [0.3, 0.4) is 0 Å². The number of halogens is 2. The first-order chi connectivity index (χ1) is 8.20. The van der Waals surface area contributed by atoms with Gasteiger partial charge in [0.15, 0.2) is 0 Å². The third-order valence-corrected chi connectivity index (χ3v) is 3.53. The number of aromatic nitrogens is 2. The smallest absolute Gasteiger partial charge is 0.206 e. The summed E-state index contributed by atoms with van der Waals surface area (Å²) in [5.41, 5.74) is 0.676. The summed E-state index contributed by atoms with van der Waals surface area (Å²) >= 11 is 7.34. The predicted octanol–water partition coefficient (Wildman–Crippen LogP) is 4.17. The van der Waals surface area contributed by atoms with Crippen molar-refractivity contribution in [2.75, 3.05) is 5.75 Å². The molecule has 1 heterocycles. The Kier molecular flexibility index (Phi) is 4.07. The average molecular weight is 271 g/mol. The summed E-state index contributed by atoms with van der Waals surface area (Å²) in [4.78, 5) is 0. The number of hydrogen-bond donors (Lipinski definition) is 0. The van der Waals surface area contributed by atoms with Crippen LogP contribution in [0.15, 0.2) is 35.4 Å². The van der Waals surface area contributed by atoms with Gasteiger partial charge in [0.1, 0.15) is 5.03 Å². The van der Waals surface area contributed by atoms with Crippen molar-refractivity contribution in [2.24, 2.45) is 0 Å². The van der Waals surface area contributed by atoms with Gasteiger partial charge in [-0.2, -0.15) is 9.49 Å². The zero-order valence-corrected chi connectivity index (χ0v) is 10.9. The van der Waals surface area contributed by atoms with E-state index >= 15 is 0 Å². The molecule has 0 saturated heterocycles. The molecule has 0 spiro atoms. The topological polar surface area (TPSA) is 17.8 Å². The number of benzene rings is 1. The molecule has 0 atom stereocenters. The van der Waals surface area contributed by atoms with Crippen LogP contribution >= 0.6 is 23.4 Å². The summed E-state index contributed by atoms with van der Waals surface area (Å²) in [6, 6.07) is 8.38. The summed E-state index contributed by atoms with van der Waals surface area (Å²) in [6.45, 7) is 2.08. The normalized spacial score (nSPS) is 10.8. The molecule has 0 saturated carbocycles. The molecule has 0 aliphatic carbocycles. The van der Waals surface area contributed by atoms with Gasteiger partial charge in [0.2, 0.25) is 5.95 Å². The fourth-order valence-electron chi connectivity index (χ4n) is 1.38. The van der Waals surface area contributed by atoms with Gasteiger partial charge in [-0.3, -0.25) is 0 Å². The minimum atomic E-state index is -0.356. The van der Waals surface area contributed by atoms with Crippen LogP contribution in [0.2, 0.25) is 5.02 Å². The highest BCUT2D eigenvalue weighted by Crippen LogP contribution is 2.21. The Labute approximate surface area is 109 Å². The zero-order valence-electron chi connectivity index (χ0n) is 9.36. The highest BCUT2D eigenvalue weighted by molar-refractivity contribution is 7.99. The van der Waals surface area contributed by atoms with Crippen LogP contribution in [0.4, 0.5) is 4.39 Å². The van der Waals surface area contributed by atoms with Crippen LogP contribution < -0.4 is 0 Å². The van der Waals surface area contributed by atoms with Gasteiger partial charge in [0.25, 0.3) is 0 Å². The molecule has 0 aliphatic rings. The molecule has 90 valence electrons. The minimum Gasteiger partial charge on any atom is -0.206 e. The molecule has 0 unspecified atom stereocenters. The molecular formula is C12H12ClFN2S. The Bertz CT molecular complexity index is 496. The maximum Gasteiger partial charge on any atom is 0.217 e. The van der Waals surface area contributed by atoms with Crippen molar-refractivity contribution in [1.29, 1.82) is 0 Å². The van der Waals surface area contributed by atoms with Gasteiger partial charge in [0, 0.05) is 11.1 Å². The second kappa shape index (κ2) is 5.56. The van der Waals surface area contributed by atoms with Crippen molar-refractivity contribution in [2.45, 2.75) is 18.4 Å². The van der Waals surface area contributed by atoms with Crippen molar-refractivity contribution in [3.8, 4) is 5.69 Å². The lowest BCUT2D eigenvalue weighted by molar-refractivity contribution is 0.536. The molecule has 1 aromatic heterocycles. The molecule has 17 heavy (non-hydrogen) atoms. The Morgan fingerprint density at radius 3 is 2.71 bits per heavy atom. The van der Waals surface area contributed by atoms with Gasteiger partial charge in [-0.15, -0.1) is 11.8 Å². The van der Waals surface area contributed by atoms with E-state index in [0.717, 1.165) is 12.2 Å². The van der Waals surface area contributed by atoms with E-state index in [2.05, 4.69) is 12.0 Å². The van der Waals surface area contributed by atoms with Crippen molar-refractivity contribution in [3.05, 3.63) is 41.3 Å². The Hall–Kier alpha value is -1.00. The summed E-state index contributed by atoms with van der Waals surface area (Å²) in [5.74, 6) is 0.586. The third kappa shape index (κ3) is 3.01. The fourth-order valence-corrected chi connectivity index (χ4v) is 2.24. The van der Waals surface area contributed by atoms with Gasteiger partial charge in [-0.25, -0.2) is 4.68 Å². The molecule has 0 fully saturated rings. The Balaban J connectivity index is 2.26. The Morgan fingerprint density at radius 1 is 1.35 bits per heavy atom. The van der Waals surface area contributed by atoms with E-state index in [1.807, 2.05) is 0 Å². The van der Waals surface area contributed by atoms with Crippen molar-refractivity contribution >= 4 is 23.4 Å². The largest absolute Gasteiger partial charge is 0.217 e. The lowest BCUT2D eigenvalue weighted by atomic mass is 10.3. The molecule has 2 nitrogen and oxygen atoms in total. The molecule has 5 heteroatoms. The van der Waals surface area contributed by atoms with Crippen molar-refractivity contribution in [1.82, 2.24) is 9.78 Å². The molecule has 0 N–H and O–H groups in total. The number of rotatable bonds is 4. The molecule has 0 aliphatic heterocycles. The highest BCUT2D eigenvalue weighted by Gasteiger charge is 2.09. The van der Waals surface area contributed by atoms with Gasteiger partial charge < -0.3 is 0 Å². The van der Waals surface area contributed by atoms with Gasteiger partial charge in [0.05, 0.1) is 5.69 Å². The van der Waals surface area contributed by atoms with E-state index in [1.54, 1.807) is 36.0 Å². The quantitative estimate of drug-likeness (QED) is 0.776. The highest BCUT2D eigenvalue weighted by atomic mass is 35.5. The van der Waals surface area contributed by atoms with Crippen LogP contribution in [-0.2, 0) is 0 Å². The third-order valence-electron chi connectivity index (χ3n) is 2.17. The zero-order chi connectivity index (χ0) is 12.3. The minimum absolute atomic E-state index is 0.356. The van der Waals surface area contributed by atoms with Crippen LogP contribution in [0, 0.1) is 5.95 Å². The SMILES string of the molecule is CCCSc1cc(F)n(-c2ccc(Cl)cc2)n1. The van der Waals surface area contributed by atoms with Gasteiger partial charge >= 0.3 is 0 Å². The second-order valence-electron chi connectivity index (χ2n) is 3.54. The molecule has 0 amide bonds. The summed E-state index contributed by atoms with van der Waals surface area (Å²) in [5, 5.41) is 5.54.